The number of rotatable bonds is 4. The minimum absolute atomic E-state index is 0.0932. The SMILES string of the molecule is Cn1ccnc1CCC(=O)c1cccc(F)c1Br. The lowest BCUT2D eigenvalue weighted by molar-refractivity contribution is 0.0980. The van der Waals surface area contributed by atoms with E-state index in [0.29, 0.717) is 18.4 Å². The van der Waals surface area contributed by atoms with E-state index in [1.807, 2.05) is 17.8 Å². The van der Waals surface area contributed by atoms with Crippen molar-refractivity contribution in [1.82, 2.24) is 9.55 Å². The monoisotopic (exact) mass is 310 g/mol. The number of aromatic nitrogens is 2. The summed E-state index contributed by atoms with van der Waals surface area (Å²) in [5.74, 6) is 0.332. The van der Waals surface area contributed by atoms with Crippen molar-refractivity contribution in [2.24, 2.45) is 7.05 Å². The third kappa shape index (κ3) is 2.67. The summed E-state index contributed by atoms with van der Waals surface area (Å²) in [7, 11) is 1.88. The van der Waals surface area contributed by atoms with Crippen molar-refractivity contribution in [1.29, 1.82) is 0 Å². The molecule has 0 bridgehead atoms. The van der Waals surface area contributed by atoms with Crippen LogP contribution in [0, 0.1) is 5.82 Å². The second-order valence-electron chi connectivity index (χ2n) is 3.98. The molecule has 0 aliphatic heterocycles. The molecule has 94 valence electrons. The average Bonchev–Trinajstić information content (AvgIpc) is 2.75. The Balaban J connectivity index is 2.09. The average molecular weight is 311 g/mol. The van der Waals surface area contributed by atoms with E-state index in [1.54, 1.807) is 12.3 Å². The van der Waals surface area contributed by atoms with Crippen LogP contribution < -0.4 is 0 Å². The van der Waals surface area contributed by atoms with Crippen LogP contribution in [0.2, 0.25) is 0 Å². The van der Waals surface area contributed by atoms with Crippen molar-refractivity contribution in [3.05, 3.63) is 52.3 Å². The number of halogens is 2. The number of hydrogen-bond donors (Lipinski definition) is 0. The molecule has 5 heteroatoms. The van der Waals surface area contributed by atoms with E-state index in [1.165, 1.54) is 12.1 Å². The Hall–Kier alpha value is -1.49. The lowest BCUT2D eigenvalue weighted by Gasteiger charge is -2.05. The van der Waals surface area contributed by atoms with Crippen LogP contribution in [0.1, 0.15) is 22.6 Å². The van der Waals surface area contributed by atoms with Gasteiger partial charge in [0.1, 0.15) is 11.6 Å². The normalized spacial score (nSPS) is 10.6. The molecule has 0 radical (unpaired) electrons. The number of imidazole rings is 1. The van der Waals surface area contributed by atoms with Crippen LogP contribution in [-0.4, -0.2) is 15.3 Å². The van der Waals surface area contributed by atoms with Crippen molar-refractivity contribution in [3.63, 3.8) is 0 Å². The number of aryl methyl sites for hydroxylation is 2. The molecule has 0 aliphatic carbocycles. The van der Waals surface area contributed by atoms with Crippen molar-refractivity contribution < 1.29 is 9.18 Å². The van der Waals surface area contributed by atoms with Gasteiger partial charge in [-0.2, -0.15) is 0 Å². The summed E-state index contributed by atoms with van der Waals surface area (Å²) in [6, 6.07) is 4.47. The summed E-state index contributed by atoms with van der Waals surface area (Å²) in [5.41, 5.74) is 0.379. The Morgan fingerprint density at radius 2 is 2.28 bits per heavy atom. The van der Waals surface area contributed by atoms with Crippen LogP contribution in [0.4, 0.5) is 4.39 Å². The molecule has 0 N–H and O–H groups in total. The predicted octanol–water partition coefficient (Wildman–Crippen LogP) is 3.14. The van der Waals surface area contributed by atoms with Crippen LogP contribution in [0.5, 0.6) is 0 Å². The van der Waals surface area contributed by atoms with Gasteiger partial charge in [-0.1, -0.05) is 12.1 Å². The van der Waals surface area contributed by atoms with Gasteiger partial charge in [-0.05, 0) is 22.0 Å². The first-order valence-corrected chi connectivity index (χ1v) is 6.32. The van der Waals surface area contributed by atoms with Gasteiger partial charge in [-0.15, -0.1) is 0 Å². The molecule has 0 unspecified atom stereocenters. The lowest BCUT2D eigenvalue weighted by Crippen LogP contribution is -2.06. The highest BCUT2D eigenvalue weighted by atomic mass is 79.9. The Morgan fingerprint density at radius 1 is 1.50 bits per heavy atom. The number of benzene rings is 1. The van der Waals surface area contributed by atoms with Crippen molar-refractivity contribution in [2.75, 3.05) is 0 Å². The van der Waals surface area contributed by atoms with E-state index >= 15 is 0 Å². The molecule has 1 aromatic heterocycles. The molecule has 0 aliphatic rings. The third-order valence-corrected chi connectivity index (χ3v) is 3.55. The Bertz CT molecular complexity index is 580. The maximum atomic E-state index is 13.3. The van der Waals surface area contributed by atoms with Gasteiger partial charge in [-0.25, -0.2) is 9.37 Å². The zero-order chi connectivity index (χ0) is 13.1. The van der Waals surface area contributed by atoms with Crippen molar-refractivity contribution in [3.8, 4) is 0 Å². The van der Waals surface area contributed by atoms with Crippen LogP contribution >= 0.6 is 15.9 Å². The van der Waals surface area contributed by atoms with E-state index in [2.05, 4.69) is 20.9 Å². The quantitative estimate of drug-likeness (QED) is 0.813. The highest BCUT2D eigenvalue weighted by Crippen LogP contribution is 2.22. The number of hydrogen-bond acceptors (Lipinski definition) is 2. The summed E-state index contributed by atoms with van der Waals surface area (Å²) >= 11 is 3.10. The fourth-order valence-electron chi connectivity index (χ4n) is 1.72. The van der Waals surface area contributed by atoms with E-state index in [-0.39, 0.29) is 10.3 Å². The Kier molecular flexibility index (Phi) is 3.91. The lowest BCUT2D eigenvalue weighted by atomic mass is 10.1. The molecule has 0 amide bonds. The first-order valence-electron chi connectivity index (χ1n) is 5.53. The van der Waals surface area contributed by atoms with Crippen LogP contribution in [-0.2, 0) is 13.5 Å². The Morgan fingerprint density at radius 3 is 2.94 bits per heavy atom. The zero-order valence-corrected chi connectivity index (χ0v) is 11.4. The van der Waals surface area contributed by atoms with E-state index in [0.717, 1.165) is 5.82 Å². The van der Waals surface area contributed by atoms with Gasteiger partial charge in [0.25, 0.3) is 0 Å². The zero-order valence-electron chi connectivity index (χ0n) is 9.86. The number of carbonyl (C=O) groups excluding carboxylic acids is 1. The highest BCUT2D eigenvalue weighted by Gasteiger charge is 2.13. The van der Waals surface area contributed by atoms with E-state index < -0.39 is 5.82 Å². The molecule has 0 saturated heterocycles. The molecule has 1 heterocycles. The van der Waals surface area contributed by atoms with Gasteiger partial charge in [-0.3, -0.25) is 4.79 Å². The van der Waals surface area contributed by atoms with Crippen LogP contribution in [0.25, 0.3) is 0 Å². The first kappa shape index (κ1) is 13.0. The molecule has 0 saturated carbocycles. The molecular weight excluding hydrogens is 299 g/mol. The van der Waals surface area contributed by atoms with Gasteiger partial charge in [0.15, 0.2) is 5.78 Å². The fraction of sp³-hybridized carbons (Fsp3) is 0.231. The minimum atomic E-state index is -0.419. The minimum Gasteiger partial charge on any atom is -0.338 e. The number of Topliss-reactive ketones (excluding diaryl/α,β-unsaturated/α-hetero) is 1. The molecule has 0 fully saturated rings. The summed E-state index contributed by atoms with van der Waals surface area (Å²) < 4.78 is 15.4. The molecule has 2 rings (SSSR count). The van der Waals surface area contributed by atoms with E-state index in [4.69, 9.17) is 0 Å². The van der Waals surface area contributed by atoms with Crippen LogP contribution in [0.3, 0.4) is 0 Å². The second kappa shape index (κ2) is 5.44. The van der Waals surface area contributed by atoms with Crippen molar-refractivity contribution >= 4 is 21.7 Å². The van der Waals surface area contributed by atoms with Gasteiger partial charge >= 0.3 is 0 Å². The fourth-order valence-corrected chi connectivity index (χ4v) is 2.20. The smallest absolute Gasteiger partial charge is 0.164 e. The number of nitrogens with zero attached hydrogens (tertiary/aromatic N) is 2. The number of carbonyl (C=O) groups is 1. The van der Waals surface area contributed by atoms with E-state index in [9.17, 15) is 9.18 Å². The summed E-state index contributed by atoms with van der Waals surface area (Å²) in [6.45, 7) is 0. The first-order chi connectivity index (χ1) is 8.59. The van der Waals surface area contributed by atoms with Crippen LogP contribution in [0.15, 0.2) is 35.1 Å². The predicted molar refractivity (Wildman–Crippen MR) is 70.0 cm³/mol. The third-order valence-electron chi connectivity index (χ3n) is 2.75. The molecular formula is C13H12BrFN2O. The summed E-state index contributed by atoms with van der Waals surface area (Å²) in [5, 5.41) is 0. The largest absolute Gasteiger partial charge is 0.338 e. The maximum Gasteiger partial charge on any atom is 0.164 e. The Labute approximate surface area is 113 Å². The van der Waals surface area contributed by atoms with Gasteiger partial charge in [0.05, 0.1) is 4.47 Å². The maximum absolute atomic E-state index is 13.3. The molecule has 18 heavy (non-hydrogen) atoms. The standard InChI is InChI=1S/C13H12BrFN2O/c1-17-8-7-16-12(17)6-5-11(18)9-3-2-4-10(15)13(9)14/h2-4,7-8H,5-6H2,1H3. The summed E-state index contributed by atoms with van der Waals surface area (Å²) in [6.07, 6.45) is 4.38. The highest BCUT2D eigenvalue weighted by molar-refractivity contribution is 9.10. The van der Waals surface area contributed by atoms with Gasteiger partial charge < -0.3 is 4.57 Å². The molecule has 1 aromatic carbocycles. The topological polar surface area (TPSA) is 34.9 Å². The molecule has 3 nitrogen and oxygen atoms in total. The number of ketones is 1. The van der Waals surface area contributed by atoms with Gasteiger partial charge in [0.2, 0.25) is 0 Å². The molecule has 0 atom stereocenters. The second-order valence-corrected chi connectivity index (χ2v) is 4.77. The van der Waals surface area contributed by atoms with Crippen molar-refractivity contribution in [2.45, 2.75) is 12.8 Å². The van der Waals surface area contributed by atoms with Gasteiger partial charge in [0, 0.05) is 37.8 Å². The molecule has 2 aromatic rings. The summed E-state index contributed by atoms with van der Waals surface area (Å²) in [4.78, 5) is 16.1. The molecule has 0 spiro atoms.